The average molecular weight is 396 g/mol. The summed E-state index contributed by atoms with van der Waals surface area (Å²) in [5.41, 5.74) is 2.06. The van der Waals surface area contributed by atoms with Crippen molar-refractivity contribution >= 4 is 28.3 Å². The molecule has 0 fully saturated rings. The van der Waals surface area contributed by atoms with Crippen LogP contribution in [0.1, 0.15) is 33.4 Å². The van der Waals surface area contributed by atoms with E-state index in [9.17, 15) is 14.0 Å². The molecule has 0 unspecified atom stereocenters. The number of anilines is 1. The summed E-state index contributed by atoms with van der Waals surface area (Å²) in [6.07, 6.45) is 0.301. The van der Waals surface area contributed by atoms with Gasteiger partial charge in [0.1, 0.15) is 16.9 Å². The van der Waals surface area contributed by atoms with Gasteiger partial charge in [0.25, 0.3) is 5.91 Å². The lowest BCUT2D eigenvalue weighted by molar-refractivity contribution is -0.120. The molecule has 0 aliphatic carbocycles. The third kappa shape index (κ3) is 3.50. The topological polar surface area (TPSA) is 75.2 Å². The second-order valence-corrected chi connectivity index (χ2v) is 7.59. The average Bonchev–Trinajstić information content (AvgIpc) is 3.27. The fraction of sp³-hybridized carbons (Fsp3) is 0.200. The molecule has 0 spiro atoms. The number of carbonyl (C=O) groups is 2. The van der Waals surface area contributed by atoms with Gasteiger partial charge in [-0.3, -0.25) is 14.9 Å². The molecule has 28 heavy (non-hydrogen) atoms. The summed E-state index contributed by atoms with van der Waals surface area (Å²) in [6.45, 7) is 2.08. The summed E-state index contributed by atoms with van der Waals surface area (Å²) in [7, 11) is 0. The van der Waals surface area contributed by atoms with Crippen LogP contribution < -0.4 is 5.32 Å². The van der Waals surface area contributed by atoms with E-state index in [1.165, 1.54) is 22.3 Å². The number of hydrogen-bond acceptors (Lipinski definition) is 5. The molecule has 0 bridgehead atoms. The van der Waals surface area contributed by atoms with Gasteiger partial charge in [0.15, 0.2) is 0 Å². The zero-order valence-corrected chi connectivity index (χ0v) is 15.9. The first-order valence-electron chi connectivity index (χ1n) is 8.78. The Kier molecular flexibility index (Phi) is 4.87. The van der Waals surface area contributed by atoms with Crippen LogP contribution in [0.25, 0.3) is 0 Å². The predicted molar refractivity (Wildman–Crippen MR) is 104 cm³/mol. The van der Waals surface area contributed by atoms with Crippen molar-refractivity contribution in [1.82, 2.24) is 15.1 Å². The molecule has 1 N–H and O–H groups in total. The highest BCUT2D eigenvalue weighted by Crippen LogP contribution is 2.25. The highest BCUT2D eigenvalue weighted by molar-refractivity contribution is 7.15. The number of carbonyl (C=O) groups excluding carboxylic acids is 2. The van der Waals surface area contributed by atoms with Gasteiger partial charge in [-0.05, 0) is 30.2 Å². The predicted octanol–water partition coefficient (Wildman–Crippen LogP) is 3.25. The highest BCUT2D eigenvalue weighted by Gasteiger charge is 2.33. The lowest BCUT2D eigenvalue weighted by atomic mass is 10.1. The van der Waals surface area contributed by atoms with Gasteiger partial charge in [0, 0.05) is 18.5 Å². The van der Waals surface area contributed by atoms with Gasteiger partial charge in [0.05, 0.1) is 0 Å². The van der Waals surface area contributed by atoms with Crippen molar-refractivity contribution in [2.24, 2.45) is 0 Å². The lowest BCUT2D eigenvalue weighted by Crippen LogP contribution is -2.42. The maximum Gasteiger partial charge on any atom is 0.255 e. The van der Waals surface area contributed by atoms with Crippen LogP contribution >= 0.6 is 11.3 Å². The van der Waals surface area contributed by atoms with Crippen LogP contribution in [0, 0.1) is 5.82 Å². The summed E-state index contributed by atoms with van der Waals surface area (Å²) in [5.74, 6) is -0.797. The quantitative estimate of drug-likeness (QED) is 0.718. The van der Waals surface area contributed by atoms with E-state index in [2.05, 4.69) is 15.5 Å². The zero-order chi connectivity index (χ0) is 19.7. The second kappa shape index (κ2) is 7.47. The van der Waals surface area contributed by atoms with E-state index in [0.717, 1.165) is 5.56 Å². The number of halogens is 1. The van der Waals surface area contributed by atoms with E-state index in [1.807, 2.05) is 18.2 Å². The molecule has 3 aromatic rings. The Hall–Kier alpha value is -3.13. The second-order valence-electron chi connectivity index (χ2n) is 6.52. The van der Waals surface area contributed by atoms with Gasteiger partial charge in [-0.1, -0.05) is 47.7 Å². The Morgan fingerprint density at radius 3 is 2.75 bits per heavy atom. The van der Waals surface area contributed by atoms with Gasteiger partial charge in [-0.2, -0.15) is 0 Å². The number of benzene rings is 2. The first-order chi connectivity index (χ1) is 13.5. The number of amides is 2. The fourth-order valence-electron chi connectivity index (χ4n) is 3.12. The fourth-order valence-corrected chi connectivity index (χ4v) is 3.89. The molecule has 2 heterocycles. The maximum absolute atomic E-state index is 13.8. The normalized spacial score (nSPS) is 14.1. The van der Waals surface area contributed by atoms with Crippen molar-refractivity contribution in [2.75, 3.05) is 5.32 Å². The Labute approximate surface area is 165 Å². The van der Waals surface area contributed by atoms with E-state index >= 15 is 0 Å². The van der Waals surface area contributed by atoms with Crippen molar-refractivity contribution in [3.63, 3.8) is 0 Å². The summed E-state index contributed by atoms with van der Waals surface area (Å²) in [6, 6.07) is 13.2. The number of nitrogens with zero attached hydrogens (tertiary/aromatic N) is 3. The van der Waals surface area contributed by atoms with Gasteiger partial charge in [-0.15, -0.1) is 10.2 Å². The molecule has 8 heteroatoms. The third-order valence-electron chi connectivity index (χ3n) is 4.69. The molecule has 2 amide bonds. The van der Waals surface area contributed by atoms with Crippen molar-refractivity contribution in [3.05, 3.63) is 76.0 Å². The maximum atomic E-state index is 13.8. The Bertz CT molecular complexity index is 1050. The van der Waals surface area contributed by atoms with Crippen LogP contribution in [0.2, 0.25) is 0 Å². The summed E-state index contributed by atoms with van der Waals surface area (Å²) in [5, 5.41) is 11.6. The number of aromatic nitrogens is 2. The zero-order valence-electron chi connectivity index (χ0n) is 15.1. The third-order valence-corrected chi connectivity index (χ3v) is 5.53. The summed E-state index contributed by atoms with van der Waals surface area (Å²) < 4.78 is 13.8. The minimum atomic E-state index is -0.654. The number of rotatable bonds is 5. The molecule has 0 saturated heterocycles. The molecule has 0 saturated carbocycles. The van der Waals surface area contributed by atoms with E-state index < -0.39 is 6.04 Å². The molecule has 0 radical (unpaired) electrons. The van der Waals surface area contributed by atoms with Gasteiger partial charge in [0.2, 0.25) is 11.0 Å². The minimum Gasteiger partial charge on any atom is -0.323 e. The van der Waals surface area contributed by atoms with Crippen molar-refractivity contribution in [3.8, 4) is 0 Å². The minimum absolute atomic E-state index is 0.157. The van der Waals surface area contributed by atoms with Crippen molar-refractivity contribution in [2.45, 2.75) is 25.9 Å². The van der Waals surface area contributed by atoms with Gasteiger partial charge >= 0.3 is 0 Å². The number of fused-ring (bicyclic) bond motifs is 1. The van der Waals surface area contributed by atoms with E-state index in [0.29, 0.717) is 34.2 Å². The number of nitrogens with one attached hydrogen (secondary N) is 1. The molecule has 4 rings (SSSR count). The molecular weight excluding hydrogens is 379 g/mol. The molecule has 1 aliphatic rings. The number of hydrogen-bond donors (Lipinski definition) is 1. The standard InChI is InChI=1S/C20H17FN4O2S/c1-12(25-11-14-7-2-4-8-15(14)19(25)27)18(26)22-20-24-23-17(28-20)10-13-6-3-5-9-16(13)21/h2-9,12H,10-11H2,1H3,(H,22,24,26)/t12-/m1/s1. The molecule has 1 aliphatic heterocycles. The smallest absolute Gasteiger partial charge is 0.255 e. The van der Waals surface area contributed by atoms with E-state index in [4.69, 9.17) is 0 Å². The van der Waals surface area contributed by atoms with E-state index in [-0.39, 0.29) is 17.6 Å². The van der Waals surface area contributed by atoms with Crippen LogP contribution in [0.5, 0.6) is 0 Å². The Morgan fingerprint density at radius 1 is 1.21 bits per heavy atom. The van der Waals surface area contributed by atoms with Gasteiger partial charge < -0.3 is 4.90 Å². The lowest BCUT2D eigenvalue weighted by Gasteiger charge is -2.22. The Balaban J connectivity index is 1.41. The summed E-state index contributed by atoms with van der Waals surface area (Å²) in [4.78, 5) is 26.6. The van der Waals surface area contributed by atoms with Crippen LogP contribution in [0.15, 0.2) is 48.5 Å². The molecule has 142 valence electrons. The van der Waals surface area contributed by atoms with E-state index in [1.54, 1.807) is 31.2 Å². The molecule has 1 atom stereocenters. The van der Waals surface area contributed by atoms with Gasteiger partial charge in [-0.25, -0.2) is 4.39 Å². The first-order valence-corrected chi connectivity index (χ1v) is 9.60. The van der Waals surface area contributed by atoms with Crippen LogP contribution in [0.3, 0.4) is 0 Å². The van der Waals surface area contributed by atoms with Crippen molar-refractivity contribution in [1.29, 1.82) is 0 Å². The van der Waals surface area contributed by atoms with Crippen LogP contribution in [-0.4, -0.2) is 33.0 Å². The highest BCUT2D eigenvalue weighted by atomic mass is 32.1. The van der Waals surface area contributed by atoms with Crippen molar-refractivity contribution < 1.29 is 14.0 Å². The largest absolute Gasteiger partial charge is 0.323 e. The molecule has 2 aromatic carbocycles. The Morgan fingerprint density at radius 2 is 1.96 bits per heavy atom. The van der Waals surface area contributed by atoms with Crippen LogP contribution in [-0.2, 0) is 17.8 Å². The molecular formula is C20H17FN4O2S. The molecule has 6 nitrogen and oxygen atoms in total. The summed E-state index contributed by atoms with van der Waals surface area (Å²) >= 11 is 1.19. The monoisotopic (exact) mass is 396 g/mol. The molecule has 1 aromatic heterocycles. The van der Waals surface area contributed by atoms with Crippen LogP contribution in [0.4, 0.5) is 9.52 Å². The SMILES string of the molecule is C[C@H](C(=O)Nc1nnc(Cc2ccccc2F)s1)N1Cc2ccccc2C1=O. The first kappa shape index (κ1) is 18.2.